The Morgan fingerprint density at radius 3 is 2.84 bits per heavy atom. The molecule has 0 N–H and O–H groups in total. The van der Waals surface area contributed by atoms with Gasteiger partial charge in [0.05, 0.1) is 13.2 Å². The lowest BCUT2D eigenvalue weighted by molar-refractivity contribution is -0.135. The van der Waals surface area contributed by atoms with E-state index in [0.717, 1.165) is 12.0 Å². The van der Waals surface area contributed by atoms with Crippen molar-refractivity contribution >= 4 is 23.2 Å². The molecule has 0 bridgehead atoms. The van der Waals surface area contributed by atoms with Crippen molar-refractivity contribution in [2.45, 2.75) is 12.5 Å². The van der Waals surface area contributed by atoms with Crippen molar-refractivity contribution in [2.24, 2.45) is 0 Å². The van der Waals surface area contributed by atoms with E-state index in [1.807, 2.05) is 34.5 Å². The van der Waals surface area contributed by atoms with Gasteiger partial charge in [-0.15, -0.1) is 17.9 Å². The summed E-state index contributed by atoms with van der Waals surface area (Å²) in [6, 6.07) is 14.2. The molecule has 2 aromatic carbocycles. The van der Waals surface area contributed by atoms with Crippen molar-refractivity contribution in [3.8, 4) is 23.0 Å². The van der Waals surface area contributed by atoms with Crippen molar-refractivity contribution in [1.82, 2.24) is 9.80 Å². The molecular weight excluding hydrogens is 492 g/mol. The molecule has 5 rings (SSSR count). The molecule has 8 nitrogen and oxygen atoms in total. The minimum absolute atomic E-state index is 0.0750. The molecule has 1 aromatic heterocycles. The van der Waals surface area contributed by atoms with Gasteiger partial charge in [-0.1, -0.05) is 12.1 Å². The molecule has 0 saturated heterocycles. The first-order valence-electron chi connectivity index (χ1n) is 12.0. The first-order valence-corrected chi connectivity index (χ1v) is 12.9. The van der Waals surface area contributed by atoms with Gasteiger partial charge in [-0.05, 0) is 53.8 Å². The second-order valence-corrected chi connectivity index (χ2v) is 9.69. The summed E-state index contributed by atoms with van der Waals surface area (Å²) in [5, 5.41) is 2.05. The molecule has 0 aliphatic carbocycles. The Labute approximate surface area is 219 Å². The van der Waals surface area contributed by atoms with Gasteiger partial charge in [0, 0.05) is 29.6 Å². The first kappa shape index (κ1) is 24.7. The highest BCUT2D eigenvalue weighted by Gasteiger charge is 2.33. The van der Waals surface area contributed by atoms with Crippen molar-refractivity contribution in [1.29, 1.82) is 0 Å². The maximum Gasteiger partial charge on any atom is 0.254 e. The number of carbonyl (C=O) groups excluding carboxylic acids is 2. The third-order valence-electron chi connectivity index (χ3n) is 6.45. The van der Waals surface area contributed by atoms with Crippen LogP contribution in [0.25, 0.3) is 0 Å². The van der Waals surface area contributed by atoms with Crippen LogP contribution in [0.3, 0.4) is 0 Å². The van der Waals surface area contributed by atoms with E-state index in [-0.39, 0.29) is 37.7 Å². The standard InChI is InChI=1S/C28H28N2O6S/c1-3-11-29(28(32)19-7-8-24-25(14-19)36-18-35-24)16-27(31)30-12-9-26-22(10-13-37-26)23(30)17-34-21-6-4-5-20(15-21)33-2/h3-8,10,13-15,23H,1,9,11-12,16-18H2,2H3/t23-/m1/s1. The minimum atomic E-state index is -0.274. The molecule has 3 heterocycles. The van der Waals surface area contributed by atoms with Crippen molar-refractivity contribution in [2.75, 3.05) is 40.1 Å². The van der Waals surface area contributed by atoms with Gasteiger partial charge in [0.15, 0.2) is 11.5 Å². The molecule has 1 atom stereocenters. The van der Waals surface area contributed by atoms with Crippen LogP contribution in [0.2, 0.25) is 0 Å². The zero-order valence-corrected chi connectivity index (χ0v) is 21.4. The van der Waals surface area contributed by atoms with Gasteiger partial charge in [0.1, 0.15) is 24.7 Å². The van der Waals surface area contributed by atoms with Gasteiger partial charge in [-0.3, -0.25) is 9.59 Å². The molecular formula is C28H28N2O6S. The number of hydrogen-bond acceptors (Lipinski definition) is 7. The summed E-state index contributed by atoms with van der Waals surface area (Å²) in [5.41, 5.74) is 1.51. The predicted molar refractivity (Wildman–Crippen MR) is 140 cm³/mol. The molecule has 0 fully saturated rings. The minimum Gasteiger partial charge on any atom is -0.497 e. The largest absolute Gasteiger partial charge is 0.497 e. The van der Waals surface area contributed by atoms with Crippen LogP contribution in [0.15, 0.2) is 66.6 Å². The van der Waals surface area contributed by atoms with Gasteiger partial charge in [0.2, 0.25) is 12.7 Å². The highest BCUT2D eigenvalue weighted by molar-refractivity contribution is 7.10. The van der Waals surface area contributed by atoms with Crippen LogP contribution < -0.4 is 18.9 Å². The fourth-order valence-electron chi connectivity index (χ4n) is 4.58. The Balaban J connectivity index is 1.33. The summed E-state index contributed by atoms with van der Waals surface area (Å²) in [5.74, 6) is 2.07. The molecule has 9 heteroatoms. The van der Waals surface area contributed by atoms with Crippen LogP contribution in [0.4, 0.5) is 0 Å². The van der Waals surface area contributed by atoms with E-state index in [9.17, 15) is 9.59 Å². The smallest absolute Gasteiger partial charge is 0.254 e. The lowest BCUT2D eigenvalue weighted by Gasteiger charge is -2.37. The van der Waals surface area contributed by atoms with Crippen molar-refractivity contribution in [3.63, 3.8) is 0 Å². The fraction of sp³-hybridized carbons (Fsp3) is 0.286. The number of ether oxygens (including phenoxy) is 4. The number of nitrogens with zero attached hydrogens (tertiary/aromatic N) is 2. The van der Waals surface area contributed by atoms with E-state index in [2.05, 4.69) is 12.6 Å². The summed E-state index contributed by atoms with van der Waals surface area (Å²) >= 11 is 1.69. The summed E-state index contributed by atoms with van der Waals surface area (Å²) in [6.45, 7) is 4.91. The van der Waals surface area contributed by atoms with Gasteiger partial charge in [-0.2, -0.15) is 0 Å². The number of thiophene rings is 1. The number of carbonyl (C=O) groups is 2. The number of fused-ring (bicyclic) bond motifs is 2. The van der Waals surface area contributed by atoms with Crippen molar-refractivity contribution < 1.29 is 28.5 Å². The number of benzene rings is 2. The molecule has 37 heavy (non-hydrogen) atoms. The predicted octanol–water partition coefficient (Wildman–Crippen LogP) is 4.32. The molecule has 3 aromatic rings. The van der Waals surface area contributed by atoms with E-state index >= 15 is 0 Å². The van der Waals surface area contributed by atoms with Crippen LogP contribution in [-0.4, -0.2) is 61.8 Å². The van der Waals surface area contributed by atoms with Crippen LogP contribution in [-0.2, 0) is 11.2 Å². The lowest BCUT2D eigenvalue weighted by atomic mass is 10.0. The van der Waals surface area contributed by atoms with Crippen LogP contribution in [0.5, 0.6) is 23.0 Å². The highest BCUT2D eigenvalue weighted by Crippen LogP contribution is 2.35. The zero-order valence-electron chi connectivity index (χ0n) is 20.6. The van der Waals surface area contributed by atoms with Crippen LogP contribution in [0, 0.1) is 0 Å². The van der Waals surface area contributed by atoms with Crippen molar-refractivity contribution in [3.05, 3.63) is 82.6 Å². The number of rotatable bonds is 9. The Morgan fingerprint density at radius 1 is 1.16 bits per heavy atom. The topological polar surface area (TPSA) is 77.5 Å². The molecule has 2 aliphatic heterocycles. The Hall–Kier alpha value is -3.98. The maximum absolute atomic E-state index is 13.6. The van der Waals surface area contributed by atoms with Gasteiger partial charge in [0.25, 0.3) is 5.91 Å². The Morgan fingerprint density at radius 2 is 2.00 bits per heavy atom. The third kappa shape index (κ3) is 5.27. The van der Waals surface area contributed by atoms with Crippen LogP contribution in [0.1, 0.15) is 26.8 Å². The summed E-state index contributed by atoms with van der Waals surface area (Å²) < 4.78 is 22.2. The number of amides is 2. The van der Waals surface area contributed by atoms with E-state index in [4.69, 9.17) is 18.9 Å². The normalized spacial score (nSPS) is 15.6. The quantitative estimate of drug-likeness (QED) is 0.391. The monoisotopic (exact) mass is 520 g/mol. The number of hydrogen-bond donors (Lipinski definition) is 0. The number of methoxy groups -OCH3 is 1. The van der Waals surface area contributed by atoms with E-state index in [0.29, 0.717) is 41.7 Å². The van der Waals surface area contributed by atoms with E-state index in [1.165, 1.54) is 9.78 Å². The highest BCUT2D eigenvalue weighted by atomic mass is 32.1. The lowest BCUT2D eigenvalue weighted by Crippen LogP contribution is -2.47. The van der Waals surface area contributed by atoms with Gasteiger partial charge < -0.3 is 28.7 Å². The SMILES string of the molecule is C=CCN(CC(=O)N1CCc2sccc2[C@H]1COc1cccc(OC)c1)C(=O)c1ccc2c(c1)OCO2. The molecule has 0 radical (unpaired) electrons. The molecule has 0 saturated carbocycles. The Kier molecular flexibility index (Phi) is 7.32. The summed E-state index contributed by atoms with van der Waals surface area (Å²) in [7, 11) is 1.61. The van der Waals surface area contributed by atoms with Gasteiger partial charge in [-0.25, -0.2) is 0 Å². The molecule has 0 spiro atoms. The molecule has 0 unspecified atom stereocenters. The first-order chi connectivity index (χ1) is 18.1. The molecule has 192 valence electrons. The summed E-state index contributed by atoms with van der Waals surface area (Å²) in [4.78, 5) is 31.5. The van der Waals surface area contributed by atoms with E-state index in [1.54, 1.807) is 42.7 Å². The van der Waals surface area contributed by atoms with Gasteiger partial charge >= 0.3 is 0 Å². The maximum atomic E-state index is 13.6. The third-order valence-corrected chi connectivity index (χ3v) is 7.44. The average Bonchev–Trinajstić information content (AvgIpc) is 3.60. The molecule has 2 aliphatic rings. The fourth-order valence-corrected chi connectivity index (χ4v) is 5.51. The van der Waals surface area contributed by atoms with Crippen LogP contribution >= 0.6 is 11.3 Å². The summed E-state index contributed by atoms with van der Waals surface area (Å²) in [6.07, 6.45) is 2.39. The zero-order chi connectivity index (χ0) is 25.8. The second-order valence-electron chi connectivity index (χ2n) is 8.68. The van der Waals surface area contributed by atoms with E-state index < -0.39 is 0 Å². The second kappa shape index (κ2) is 11.0. The molecule has 2 amide bonds. The average molecular weight is 521 g/mol. The Bertz CT molecular complexity index is 1310.